The van der Waals surface area contributed by atoms with Gasteiger partial charge in [0, 0.05) is 30.4 Å². The van der Waals surface area contributed by atoms with Crippen LogP contribution in [0.5, 0.6) is 0 Å². The highest BCUT2D eigenvalue weighted by Gasteiger charge is 2.31. The molecule has 2 unspecified atom stereocenters. The van der Waals surface area contributed by atoms with E-state index < -0.39 is 0 Å². The first-order chi connectivity index (χ1) is 9.72. The number of amidine groups is 1. The molecular weight excluding hydrogens is 270 g/mol. The lowest BCUT2D eigenvalue weighted by atomic mass is 10.0. The van der Waals surface area contributed by atoms with Crippen molar-refractivity contribution >= 4 is 28.5 Å². The van der Waals surface area contributed by atoms with Crippen molar-refractivity contribution in [3.05, 3.63) is 30.3 Å². The summed E-state index contributed by atoms with van der Waals surface area (Å²) < 4.78 is 0. The lowest BCUT2D eigenvalue weighted by Crippen LogP contribution is -2.28. The fourth-order valence-electron chi connectivity index (χ4n) is 2.60. The molecule has 4 nitrogen and oxygen atoms in total. The molecule has 1 amide bonds. The Morgan fingerprint density at radius 1 is 1.50 bits per heavy atom. The molecule has 0 aliphatic carbocycles. The van der Waals surface area contributed by atoms with Gasteiger partial charge in [-0.25, -0.2) is 0 Å². The van der Waals surface area contributed by atoms with Gasteiger partial charge in [0.2, 0.25) is 5.91 Å². The number of carbonyl (C=O) groups excluding carboxylic acids is 1. The summed E-state index contributed by atoms with van der Waals surface area (Å²) in [6.07, 6.45) is 0.819. The fraction of sp³-hybridized carbons (Fsp3) is 0.467. The van der Waals surface area contributed by atoms with Crippen molar-refractivity contribution in [3.63, 3.8) is 0 Å². The maximum atomic E-state index is 12.2. The molecule has 5 heteroatoms. The van der Waals surface area contributed by atoms with E-state index in [0.29, 0.717) is 0 Å². The molecule has 1 saturated heterocycles. The number of rotatable bonds is 4. The summed E-state index contributed by atoms with van der Waals surface area (Å²) in [6.45, 7) is 4.06. The van der Waals surface area contributed by atoms with Crippen molar-refractivity contribution in [2.24, 2.45) is 10.9 Å². The topological polar surface area (TPSA) is 44.7 Å². The zero-order chi connectivity index (χ0) is 13.9. The molecule has 1 aromatic rings. The van der Waals surface area contributed by atoms with Crippen molar-refractivity contribution in [2.75, 3.05) is 24.2 Å². The van der Waals surface area contributed by atoms with Gasteiger partial charge < -0.3 is 10.2 Å². The molecule has 1 N–H and O–H groups in total. The second kappa shape index (κ2) is 5.87. The van der Waals surface area contributed by atoms with E-state index >= 15 is 0 Å². The number of amides is 1. The zero-order valence-electron chi connectivity index (χ0n) is 11.6. The number of nitrogens with one attached hydrogen (secondary N) is 1. The average Bonchev–Trinajstić information content (AvgIpc) is 3.00. The number of carbonyl (C=O) groups is 1. The van der Waals surface area contributed by atoms with Gasteiger partial charge in [0.05, 0.1) is 6.04 Å². The van der Waals surface area contributed by atoms with Gasteiger partial charge in [-0.15, -0.1) is 0 Å². The molecule has 0 bridgehead atoms. The van der Waals surface area contributed by atoms with Gasteiger partial charge in [0.25, 0.3) is 0 Å². The molecular formula is C15H19N3OS. The Bertz CT molecular complexity index is 517. The summed E-state index contributed by atoms with van der Waals surface area (Å²) in [5.74, 6) is 1.21. The van der Waals surface area contributed by atoms with Crippen molar-refractivity contribution < 1.29 is 4.79 Å². The van der Waals surface area contributed by atoms with E-state index in [-0.39, 0.29) is 17.9 Å². The van der Waals surface area contributed by atoms with E-state index in [1.54, 1.807) is 0 Å². The Labute approximate surface area is 123 Å². The molecule has 2 aliphatic rings. The number of aliphatic imine (C=N–C) groups is 1. The summed E-state index contributed by atoms with van der Waals surface area (Å²) in [4.78, 5) is 19.2. The first-order valence-electron chi connectivity index (χ1n) is 7.04. The van der Waals surface area contributed by atoms with Gasteiger partial charge in [0.1, 0.15) is 0 Å². The Hall–Kier alpha value is -1.49. The van der Waals surface area contributed by atoms with Gasteiger partial charge >= 0.3 is 0 Å². The Kier molecular flexibility index (Phi) is 3.96. The normalized spacial score (nSPS) is 22.4. The van der Waals surface area contributed by atoms with Crippen LogP contribution in [-0.2, 0) is 4.79 Å². The van der Waals surface area contributed by atoms with Crippen LogP contribution >= 0.6 is 11.8 Å². The average molecular weight is 289 g/mol. The second-order valence-electron chi connectivity index (χ2n) is 5.35. The molecule has 0 saturated carbocycles. The Morgan fingerprint density at radius 2 is 2.30 bits per heavy atom. The SMILES string of the molecule is CC(CC1CN2CCSC2=N1)C(=O)Nc1ccccc1. The third kappa shape index (κ3) is 2.98. The smallest absolute Gasteiger partial charge is 0.227 e. The minimum Gasteiger partial charge on any atom is -0.348 e. The van der Waals surface area contributed by atoms with E-state index in [2.05, 4.69) is 10.2 Å². The van der Waals surface area contributed by atoms with Crippen LogP contribution in [0.1, 0.15) is 13.3 Å². The van der Waals surface area contributed by atoms with Crippen molar-refractivity contribution in [1.82, 2.24) is 4.90 Å². The van der Waals surface area contributed by atoms with Crippen LogP contribution in [0.4, 0.5) is 5.69 Å². The molecule has 1 aromatic carbocycles. The first kappa shape index (κ1) is 13.5. The van der Waals surface area contributed by atoms with E-state index in [1.165, 1.54) is 5.17 Å². The Morgan fingerprint density at radius 3 is 3.05 bits per heavy atom. The predicted octanol–water partition coefficient (Wildman–Crippen LogP) is 2.44. The monoisotopic (exact) mass is 289 g/mol. The van der Waals surface area contributed by atoms with Crippen LogP contribution in [0.15, 0.2) is 35.3 Å². The van der Waals surface area contributed by atoms with Crippen LogP contribution < -0.4 is 5.32 Å². The molecule has 106 valence electrons. The van der Waals surface area contributed by atoms with E-state index in [0.717, 1.165) is 31.0 Å². The van der Waals surface area contributed by atoms with E-state index in [9.17, 15) is 4.79 Å². The summed E-state index contributed by atoms with van der Waals surface area (Å²) in [7, 11) is 0. The maximum Gasteiger partial charge on any atom is 0.227 e. The molecule has 0 aromatic heterocycles. The minimum absolute atomic E-state index is 0.0189. The summed E-state index contributed by atoms with van der Waals surface area (Å²) >= 11 is 1.83. The molecule has 0 radical (unpaired) electrons. The highest BCUT2D eigenvalue weighted by Crippen LogP contribution is 2.27. The number of hydrogen-bond acceptors (Lipinski definition) is 4. The van der Waals surface area contributed by atoms with Gasteiger partial charge in [-0.05, 0) is 18.6 Å². The lowest BCUT2D eigenvalue weighted by molar-refractivity contribution is -0.119. The third-order valence-corrected chi connectivity index (χ3v) is 4.71. The van der Waals surface area contributed by atoms with Crippen LogP contribution in [-0.4, -0.2) is 40.9 Å². The fourth-order valence-corrected chi connectivity index (χ4v) is 3.67. The summed E-state index contributed by atoms with van der Waals surface area (Å²) in [5.41, 5.74) is 0.860. The van der Waals surface area contributed by atoms with Crippen LogP contribution in [0.2, 0.25) is 0 Å². The zero-order valence-corrected chi connectivity index (χ0v) is 12.4. The minimum atomic E-state index is -0.0189. The molecule has 2 aliphatic heterocycles. The number of benzene rings is 1. The third-order valence-electron chi connectivity index (χ3n) is 3.70. The molecule has 2 heterocycles. The molecule has 3 rings (SSSR count). The number of anilines is 1. The number of para-hydroxylation sites is 1. The standard InChI is InChI=1S/C15H19N3OS/c1-11(14(19)16-12-5-3-2-4-6-12)9-13-10-18-7-8-20-15(18)17-13/h2-6,11,13H,7-10H2,1H3,(H,16,19). The van der Waals surface area contributed by atoms with Gasteiger partial charge in [0.15, 0.2) is 5.17 Å². The Balaban J connectivity index is 1.53. The predicted molar refractivity (Wildman–Crippen MR) is 84.1 cm³/mol. The maximum absolute atomic E-state index is 12.2. The summed E-state index contributed by atoms with van der Waals surface area (Å²) in [6, 6.07) is 9.89. The number of hydrogen-bond donors (Lipinski definition) is 1. The van der Waals surface area contributed by atoms with Crippen LogP contribution in [0.3, 0.4) is 0 Å². The molecule has 2 atom stereocenters. The number of thioether (sulfide) groups is 1. The first-order valence-corrected chi connectivity index (χ1v) is 8.02. The summed E-state index contributed by atoms with van der Waals surface area (Å²) in [5, 5.41) is 4.13. The quantitative estimate of drug-likeness (QED) is 0.926. The van der Waals surface area contributed by atoms with Gasteiger partial charge in [-0.2, -0.15) is 0 Å². The van der Waals surface area contributed by atoms with Gasteiger partial charge in [-0.3, -0.25) is 9.79 Å². The highest BCUT2D eigenvalue weighted by molar-refractivity contribution is 8.14. The lowest BCUT2D eigenvalue weighted by Gasteiger charge is -2.16. The van der Waals surface area contributed by atoms with Crippen LogP contribution in [0, 0.1) is 5.92 Å². The highest BCUT2D eigenvalue weighted by atomic mass is 32.2. The van der Waals surface area contributed by atoms with Gasteiger partial charge in [-0.1, -0.05) is 36.9 Å². The second-order valence-corrected chi connectivity index (χ2v) is 6.41. The molecule has 1 fully saturated rings. The number of nitrogens with zero attached hydrogens (tertiary/aromatic N) is 2. The largest absolute Gasteiger partial charge is 0.348 e. The number of fused-ring (bicyclic) bond motifs is 1. The van der Waals surface area contributed by atoms with E-state index in [4.69, 9.17) is 4.99 Å². The van der Waals surface area contributed by atoms with Crippen LogP contribution in [0.25, 0.3) is 0 Å². The van der Waals surface area contributed by atoms with Crippen molar-refractivity contribution in [1.29, 1.82) is 0 Å². The van der Waals surface area contributed by atoms with Crippen molar-refractivity contribution in [2.45, 2.75) is 19.4 Å². The molecule has 20 heavy (non-hydrogen) atoms. The van der Waals surface area contributed by atoms with E-state index in [1.807, 2.05) is 49.0 Å². The van der Waals surface area contributed by atoms with Crippen molar-refractivity contribution in [3.8, 4) is 0 Å². The molecule has 0 spiro atoms.